The molecule has 3 N–H and O–H groups in total. The Kier molecular flexibility index (Phi) is 7.14. The van der Waals surface area contributed by atoms with Gasteiger partial charge in [-0.05, 0) is 54.4 Å². The highest BCUT2D eigenvalue weighted by atomic mass is 16.4. The molecule has 1 saturated heterocycles. The monoisotopic (exact) mass is 543 g/mol. The lowest BCUT2D eigenvalue weighted by Crippen LogP contribution is -2.49. The Balaban J connectivity index is 1.15. The van der Waals surface area contributed by atoms with Gasteiger partial charge in [0.1, 0.15) is 0 Å². The molecule has 5 aromatic rings. The number of carboxylic acid groups (broad SMARTS) is 1. The van der Waals surface area contributed by atoms with Gasteiger partial charge in [-0.3, -0.25) is 14.5 Å². The van der Waals surface area contributed by atoms with Crippen molar-refractivity contribution in [2.24, 2.45) is 5.92 Å². The summed E-state index contributed by atoms with van der Waals surface area (Å²) in [5.41, 5.74) is 6.71. The molecule has 4 aromatic carbocycles. The number of aromatic nitrogens is 2. The van der Waals surface area contributed by atoms with E-state index in [2.05, 4.69) is 15.5 Å². The predicted molar refractivity (Wildman–Crippen MR) is 160 cm³/mol. The third-order valence-electron chi connectivity index (χ3n) is 7.32. The first kappa shape index (κ1) is 26.2. The van der Waals surface area contributed by atoms with Crippen LogP contribution in [0, 0.1) is 12.8 Å². The fraction of sp³-hybridized carbons (Fsp3) is 0.152. The molecule has 0 spiro atoms. The summed E-state index contributed by atoms with van der Waals surface area (Å²) < 4.78 is 0. The summed E-state index contributed by atoms with van der Waals surface area (Å²) in [5.74, 6) is -0.777. The van der Waals surface area contributed by atoms with E-state index in [4.69, 9.17) is 15.1 Å². The molecule has 1 aliphatic rings. The van der Waals surface area contributed by atoms with E-state index in [1.807, 2.05) is 91.9 Å². The number of para-hydroxylation sites is 1. The van der Waals surface area contributed by atoms with Gasteiger partial charge < -0.3 is 15.7 Å². The number of fused-ring (bicyclic) bond motifs is 1. The van der Waals surface area contributed by atoms with Crippen LogP contribution in [0.4, 0.5) is 17.3 Å². The van der Waals surface area contributed by atoms with Crippen LogP contribution in [0.5, 0.6) is 0 Å². The first-order valence-electron chi connectivity index (χ1n) is 13.5. The summed E-state index contributed by atoms with van der Waals surface area (Å²) in [6.07, 6.45) is 0. The quantitative estimate of drug-likeness (QED) is 0.216. The minimum atomic E-state index is -0.749. The number of carboxylic acids is 1. The Labute approximate surface area is 237 Å². The van der Waals surface area contributed by atoms with Gasteiger partial charge in [0, 0.05) is 47.5 Å². The van der Waals surface area contributed by atoms with Gasteiger partial charge in [0.2, 0.25) is 5.95 Å². The van der Waals surface area contributed by atoms with E-state index >= 15 is 0 Å². The molecule has 1 amide bonds. The highest BCUT2D eigenvalue weighted by Crippen LogP contribution is 2.28. The second-order valence-corrected chi connectivity index (χ2v) is 10.3. The Morgan fingerprint density at radius 3 is 2.39 bits per heavy atom. The number of nitrogens with one attached hydrogen (secondary N) is 2. The van der Waals surface area contributed by atoms with Gasteiger partial charge in [0.15, 0.2) is 0 Å². The molecule has 6 rings (SSSR count). The summed E-state index contributed by atoms with van der Waals surface area (Å²) in [7, 11) is 0. The molecule has 0 saturated carbocycles. The third-order valence-corrected chi connectivity index (χ3v) is 7.32. The van der Waals surface area contributed by atoms with Crippen molar-refractivity contribution in [2.75, 3.05) is 23.7 Å². The van der Waals surface area contributed by atoms with E-state index in [-0.39, 0.29) is 11.8 Å². The van der Waals surface area contributed by atoms with Gasteiger partial charge in [-0.1, -0.05) is 60.7 Å². The van der Waals surface area contributed by atoms with Crippen LogP contribution in [0.15, 0.2) is 97.1 Å². The molecule has 0 unspecified atom stereocenters. The highest BCUT2D eigenvalue weighted by Gasteiger charge is 2.32. The van der Waals surface area contributed by atoms with Crippen LogP contribution in [0.3, 0.4) is 0 Å². The molecular weight excluding hydrogens is 514 g/mol. The zero-order valence-electron chi connectivity index (χ0n) is 22.5. The van der Waals surface area contributed by atoms with Crippen molar-refractivity contribution in [2.45, 2.75) is 13.5 Å². The van der Waals surface area contributed by atoms with Crippen LogP contribution in [-0.2, 0) is 11.3 Å². The number of aryl methyl sites for hydroxylation is 1. The van der Waals surface area contributed by atoms with Crippen molar-refractivity contribution >= 4 is 40.1 Å². The normalized spacial score (nSPS) is 13.5. The predicted octanol–water partition coefficient (Wildman–Crippen LogP) is 6.12. The van der Waals surface area contributed by atoms with E-state index < -0.39 is 5.97 Å². The van der Waals surface area contributed by atoms with Crippen molar-refractivity contribution in [3.8, 4) is 11.3 Å². The molecule has 41 heavy (non-hydrogen) atoms. The van der Waals surface area contributed by atoms with E-state index in [0.29, 0.717) is 31.1 Å². The lowest BCUT2D eigenvalue weighted by atomic mass is 9.99. The SMILES string of the molecule is Cc1ccc(CN2CC(C(=O)O)C2)cc1NC(=O)c1ccc(Nc2nc(-c3ccccc3)c3ccccc3n2)cc1. The largest absolute Gasteiger partial charge is 0.481 e. The molecular formula is C33H29N5O3. The van der Waals surface area contributed by atoms with Crippen LogP contribution in [0.2, 0.25) is 0 Å². The van der Waals surface area contributed by atoms with Gasteiger partial charge in [-0.2, -0.15) is 0 Å². The number of anilines is 3. The Bertz CT molecular complexity index is 1730. The molecule has 0 aliphatic carbocycles. The number of nitrogens with zero attached hydrogens (tertiary/aromatic N) is 3. The number of hydrogen-bond acceptors (Lipinski definition) is 6. The van der Waals surface area contributed by atoms with Crippen LogP contribution >= 0.6 is 0 Å². The van der Waals surface area contributed by atoms with Crippen molar-refractivity contribution in [1.82, 2.24) is 14.9 Å². The van der Waals surface area contributed by atoms with Crippen molar-refractivity contribution in [3.63, 3.8) is 0 Å². The number of carbonyl (C=O) groups is 2. The van der Waals surface area contributed by atoms with Gasteiger partial charge in [-0.25, -0.2) is 9.97 Å². The average Bonchev–Trinajstić information content (AvgIpc) is 2.96. The highest BCUT2D eigenvalue weighted by molar-refractivity contribution is 6.05. The topological polar surface area (TPSA) is 107 Å². The second-order valence-electron chi connectivity index (χ2n) is 10.3. The number of amides is 1. The van der Waals surface area contributed by atoms with E-state index in [0.717, 1.165) is 44.7 Å². The first-order chi connectivity index (χ1) is 19.9. The van der Waals surface area contributed by atoms with E-state index in [1.54, 1.807) is 12.1 Å². The third kappa shape index (κ3) is 5.78. The van der Waals surface area contributed by atoms with Crippen LogP contribution in [0.1, 0.15) is 21.5 Å². The smallest absolute Gasteiger partial charge is 0.309 e. The summed E-state index contributed by atoms with van der Waals surface area (Å²) >= 11 is 0. The van der Waals surface area contributed by atoms with Gasteiger partial charge in [0.05, 0.1) is 17.1 Å². The fourth-order valence-corrected chi connectivity index (χ4v) is 4.99. The summed E-state index contributed by atoms with van der Waals surface area (Å²) in [5, 5.41) is 16.4. The lowest BCUT2D eigenvalue weighted by molar-refractivity contribution is -0.147. The number of benzene rings is 4. The van der Waals surface area contributed by atoms with Crippen molar-refractivity contribution in [1.29, 1.82) is 0 Å². The van der Waals surface area contributed by atoms with Gasteiger partial charge >= 0.3 is 5.97 Å². The molecule has 8 nitrogen and oxygen atoms in total. The van der Waals surface area contributed by atoms with Crippen molar-refractivity contribution < 1.29 is 14.7 Å². The molecule has 2 heterocycles. The first-order valence-corrected chi connectivity index (χ1v) is 13.5. The summed E-state index contributed by atoms with van der Waals surface area (Å²) in [4.78, 5) is 35.7. The zero-order valence-corrected chi connectivity index (χ0v) is 22.5. The van der Waals surface area contributed by atoms with Gasteiger partial charge in [-0.15, -0.1) is 0 Å². The number of rotatable bonds is 8. The standard InChI is InChI=1S/C33H29N5O3/c1-21-11-12-22(18-38-19-25(20-38)32(40)41)17-29(21)35-31(39)24-13-15-26(16-14-24)34-33-36-28-10-6-5-9-27(28)30(37-33)23-7-3-2-4-8-23/h2-17,25H,18-20H2,1H3,(H,35,39)(H,40,41)(H,34,36,37). The summed E-state index contributed by atoms with van der Waals surface area (Å²) in [6, 6.07) is 31.1. The zero-order chi connectivity index (χ0) is 28.3. The van der Waals surface area contributed by atoms with Crippen molar-refractivity contribution in [3.05, 3.63) is 114 Å². The van der Waals surface area contributed by atoms with Crippen LogP contribution in [-0.4, -0.2) is 44.9 Å². The molecule has 0 atom stereocenters. The molecule has 204 valence electrons. The maximum atomic E-state index is 13.1. The molecule has 1 aliphatic heterocycles. The summed E-state index contributed by atoms with van der Waals surface area (Å²) in [6.45, 7) is 3.69. The maximum absolute atomic E-state index is 13.1. The van der Waals surface area contributed by atoms with Gasteiger partial charge in [0.25, 0.3) is 5.91 Å². The fourth-order valence-electron chi connectivity index (χ4n) is 4.99. The molecule has 8 heteroatoms. The number of aliphatic carboxylic acids is 1. The number of hydrogen-bond donors (Lipinski definition) is 3. The Morgan fingerprint density at radius 2 is 1.63 bits per heavy atom. The molecule has 1 fully saturated rings. The second kappa shape index (κ2) is 11.2. The van der Waals surface area contributed by atoms with Crippen LogP contribution < -0.4 is 10.6 Å². The Morgan fingerprint density at radius 1 is 0.902 bits per heavy atom. The molecule has 1 aromatic heterocycles. The number of likely N-dealkylation sites (tertiary alicyclic amines) is 1. The molecule has 0 bridgehead atoms. The number of carbonyl (C=O) groups excluding carboxylic acids is 1. The van der Waals surface area contributed by atoms with E-state index in [1.165, 1.54) is 0 Å². The minimum absolute atomic E-state index is 0.208. The maximum Gasteiger partial charge on any atom is 0.309 e. The average molecular weight is 544 g/mol. The van der Waals surface area contributed by atoms with E-state index in [9.17, 15) is 9.59 Å². The lowest BCUT2D eigenvalue weighted by Gasteiger charge is -2.36. The minimum Gasteiger partial charge on any atom is -0.481 e. The van der Waals surface area contributed by atoms with Crippen LogP contribution in [0.25, 0.3) is 22.2 Å². The molecule has 0 radical (unpaired) electrons. The Hall–Kier alpha value is -5.08.